The third-order valence-corrected chi connectivity index (χ3v) is 4.04. The number of amides is 1. The first-order valence-corrected chi connectivity index (χ1v) is 7.00. The van der Waals surface area contributed by atoms with Crippen LogP contribution in [0.3, 0.4) is 0 Å². The van der Waals surface area contributed by atoms with Crippen LogP contribution in [-0.2, 0) is 0 Å². The van der Waals surface area contributed by atoms with Gasteiger partial charge in [-0.25, -0.2) is 0 Å². The molecule has 104 valence electrons. The molecule has 0 aliphatic heterocycles. The molecule has 0 saturated carbocycles. The topological polar surface area (TPSA) is 29.5 Å². The zero-order valence-corrected chi connectivity index (χ0v) is 13.3. The highest BCUT2D eigenvalue weighted by Crippen LogP contribution is 2.23. The van der Waals surface area contributed by atoms with E-state index >= 15 is 0 Å². The minimum Gasteiger partial charge on any atom is -0.497 e. The molecule has 0 aromatic heterocycles. The Morgan fingerprint density at radius 2 is 1.95 bits per heavy atom. The second-order valence-electron chi connectivity index (χ2n) is 4.53. The summed E-state index contributed by atoms with van der Waals surface area (Å²) in [6, 6.07) is 13.0. The Kier molecular flexibility index (Phi) is 4.45. The number of methoxy groups -OCH3 is 1. The first-order chi connectivity index (χ1) is 9.52. The van der Waals surface area contributed by atoms with Crippen molar-refractivity contribution in [3.63, 3.8) is 0 Å². The van der Waals surface area contributed by atoms with E-state index in [1.54, 1.807) is 19.1 Å². The van der Waals surface area contributed by atoms with Crippen LogP contribution in [0.4, 0.5) is 5.69 Å². The molecular formula is C16H16BrNO2. The van der Waals surface area contributed by atoms with Crippen molar-refractivity contribution in [1.29, 1.82) is 0 Å². The Labute approximate surface area is 127 Å². The van der Waals surface area contributed by atoms with Gasteiger partial charge in [-0.3, -0.25) is 4.79 Å². The van der Waals surface area contributed by atoms with Crippen LogP contribution in [0.1, 0.15) is 15.9 Å². The van der Waals surface area contributed by atoms with E-state index in [9.17, 15) is 4.79 Å². The number of halogens is 1. The summed E-state index contributed by atoms with van der Waals surface area (Å²) in [4.78, 5) is 14.1. The molecule has 0 fully saturated rings. The molecule has 0 heterocycles. The lowest BCUT2D eigenvalue weighted by molar-refractivity contribution is 0.0993. The van der Waals surface area contributed by atoms with Gasteiger partial charge in [0.2, 0.25) is 0 Å². The van der Waals surface area contributed by atoms with Crippen LogP contribution in [-0.4, -0.2) is 20.1 Å². The number of anilines is 1. The summed E-state index contributed by atoms with van der Waals surface area (Å²) in [7, 11) is 3.37. The second-order valence-corrected chi connectivity index (χ2v) is 5.38. The summed E-state index contributed by atoms with van der Waals surface area (Å²) in [5, 5.41) is 0. The van der Waals surface area contributed by atoms with Crippen LogP contribution in [0.15, 0.2) is 46.9 Å². The van der Waals surface area contributed by atoms with Crippen molar-refractivity contribution in [2.24, 2.45) is 0 Å². The zero-order valence-electron chi connectivity index (χ0n) is 11.7. The summed E-state index contributed by atoms with van der Waals surface area (Å²) >= 11 is 3.44. The fraction of sp³-hybridized carbons (Fsp3) is 0.188. The molecule has 0 radical (unpaired) electrons. The van der Waals surface area contributed by atoms with Crippen molar-refractivity contribution in [3.8, 4) is 5.75 Å². The van der Waals surface area contributed by atoms with E-state index in [1.165, 1.54) is 0 Å². The maximum Gasteiger partial charge on any atom is 0.258 e. The second kappa shape index (κ2) is 6.09. The molecule has 2 aromatic rings. The van der Waals surface area contributed by atoms with E-state index in [4.69, 9.17) is 4.74 Å². The highest BCUT2D eigenvalue weighted by Gasteiger charge is 2.14. The molecule has 2 rings (SSSR count). The van der Waals surface area contributed by atoms with Crippen molar-refractivity contribution >= 4 is 27.5 Å². The van der Waals surface area contributed by atoms with Gasteiger partial charge in [-0.15, -0.1) is 0 Å². The largest absolute Gasteiger partial charge is 0.497 e. The van der Waals surface area contributed by atoms with Crippen LogP contribution < -0.4 is 9.64 Å². The molecule has 0 unspecified atom stereocenters. The van der Waals surface area contributed by atoms with Gasteiger partial charge in [0.25, 0.3) is 5.91 Å². The Morgan fingerprint density at radius 3 is 2.60 bits per heavy atom. The van der Waals surface area contributed by atoms with E-state index < -0.39 is 0 Å². The van der Waals surface area contributed by atoms with Crippen LogP contribution in [0.25, 0.3) is 0 Å². The van der Waals surface area contributed by atoms with E-state index in [0.717, 1.165) is 21.5 Å². The van der Waals surface area contributed by atoms with Gasteiger partial charge in [0.1, 0.15) is 5.75 Å². The number of carbonyl (C=O) groups excluding carboxylic acids is 1. The van der Waals surface area contributed by atoms with Crippen LogP contribution in [0.5, 0.6) is 5.75 Å². The average Bonchev–Trinajstić information content (AvgIpc) is 2.48. The van der Waals surface area contributed by atoms with Gasteiger partial charge in [-0.05, 0) is 42.8 Å². The van der Waals surface area contributed by atoms with Gasteiger partial charge in [0.15, 0.2) is 0 Å². The fourth-order valence-corrected chi connectivity index (χ4v) is 2.15. The van der Waals surface area contributed by atoms with Crippen LogP contribution >= 0.6 is 15.9 Å². The predicted octanol–water partition coefficient (Wildman–Crippen LogP) is 4.04. The molecule has 0 atom stereocenters. The quantitative estimate of drug-likeness (QED) is 0.848. The smallest absolute Gasteiger partial charge is 0.258 e. The number of ether oxygens (including phenoxy) is 1. The summed E-state index contributed by atoms with van der Waals surface area (Å²) in [5.74, 6) is 0.683. The SMILES string of the molecule is COc1cccc(N(C)C(=O)c2ccc(Br)c(C)c2)c1. The molecule has 0 N–H and O–H groups in total. The molecule has 20 heavy (non-hydrogen) atoms. The lowest BCUT2D eigenvalue weighted by Crippen LogP contribution is -2.26. The minimum absolute atomic E-state index is 0.0474. The number of hydrogen-bond acceptors (Lipinski definition) is 2. The van der Waals surface area contributed by atoms with Crippen molar-refractivity contribution in [3.05, 3.63) is 58.1 Å². The lowest BCUT2D eigenvalue weighted by Gasteiger charge is -2.18. The van der Waals surface area contributed by atoms with Gasteiger partial charge in [0, 0.05) is 28.8 Å². The number of hydrogen-bond donors (Lipinski definition) is 0. The van der Waals surface area contributed by atoms with Gasteiger partial charge < -0.3 is 9.64 Å². The summed E-state index contributed by atoms with van der Waals surface area (Å²) in [6.45, 7) is 1.96. The fourth-order valence-electron chi connectivity index (χ4n) is 1.91. The van der Waals surface area contributed by atoms with E-state index in [0.29, 0.717) is 5.56 Å². The maximum absolute atomic E-state index is 12.5. The third-order valence-electron chi connectivity index (χ3n) is 3.15. The van der Waals surface area contributed by atoms with E-state index in [-0.39, 0.29) is 5.91 Å². The monoisotopic (exact) mass is 333 g/mol. The summed E-state index contributed by atoms with van der Waals surface area (Å²) < 4.78 is 6.18. The van der Waals surface area contributed by atoms with Crippen molar-refractivity contribution in [2.75, 3.05) is 19.1 Å². The molecule has 2 aromatic carbocycles. The van der Waals surface area contributed by atoms with E-state index in [2.05, 4.69) is 15.9 Å². The number of benzene rings is 2. The summed E-state index contributed by atoms with van der Waals surface area (Å²) in [5.41, 5.74) is 2.50. The number of aryl methyl sites for hydroxylation is 1. The molecule has 0 bridgehead atoms. The molecule has 0 aliphatic rings. The first kappa shape index (κ1) is 14.6. The highest BCUT2D eigenvalue weighted by atomic mass is 79.9. The minimum atomic E-state index is -0.0474. The van der Waals surface area contributed by atoms with Crippen molar-refractivity contribution in [1.82, 2.24) is 0 Å². The van der Waals surface area contributed by atoms with Crippen molar-refractivity contribution < 1.29 is 9.53 Å². The lowest BCUT2D eigenvalue weighted by atomic mass is 10.1. The predicted molar refractivity (Wildman–Crippen MR) is 84.6 cm³/mol. The zero-order chi connectivity index (χ0) is 14.7. The normalized spacial score (nSPS) is 10.2. The molecular weight excluding hydrogens is 318 g/mol. The van der Waals surface area contributed by atoms with Gasteiger partial charge in [0.05, 0.1) is 7.11 Å². The third kappa shape index (κ3) is 3.02. The average molecular weight is 334 g/mol. The number of nitrogens with zero attached hydrogens (tertiary/aromatic N) is 1. The highest BCUT2D eigenvalue weighted by molar-refractivity contribution is 9.10. The molecule has 0 spiro atoms. The summed E-state index contributed by atoms with van der Waals surface area (Å²) in [6.07, 6.45) is 0. The van der Waals surface area contributed by atoms with Gasteiger partial charge in [-0.2, -0.15) is 0 Å². The Balaban J connectivity index is 2.29. The van der Waals surface area contributed by atoms with Crippen LogP contribution in [0, 0.1) is 6.92 Å². The molecule has 3 nitrogen and oxygen atoms in total. The van der Waals surface area contributed by atoms with Crippen LogP contribution in [0.2, 0.25) is 0 Å². The Bertz CT molecular complexity index is 640. The Hall–Kier alpha value is -1.81. The number of carbonyl (C=O) groups is 1. The van der Waals surface area contributed by atoms with Gasteiger partial charge >= 0.3 is 0 Å². The van der Waals surface area contributed by atoms with E-state index in [1.807, 2.05) is 49.4 Å². The molecule has 4 heteroatoms. The maximum atomic E-state index is 12.5. The molecule has 0 saturated heterocycles. The Morgan fingerprint density at radius 1 is 1.20 bits per heavy atom. The standard InChI is InChI=1S/C16H16BrNO2/c1-11-9-12(7-8-15(11)17)16(19)18(2)13-5-4-6-14(10-13)20-3/h4-10H,1-3H3. The number of rotatable bonds is 3. The molecule has 0 aliphatic carbocycles. The van der Waals surface area contributed by atoms with Crippen molar-refractivity contribution in [2.45, 2.75) is 6.92 Å². The van der Waals surface area contributed by atoms with Gasteiger partial charge in [-0.1, -0.05) is 22.0 Å². The first-order valence-electron chi connectivity index (χ1n) is 6.21. The molecule has 1 amide bonds.